The van der Waals surface area contributed by atoms with E-state index in [0.29, 0.717) is 32.3 Å². The number of halogens is 2. The van der Waals surface area contributed by atoms with Crippen LogP contribution in [0.3, 0.4) is 0 Å². The topological polar surface area (TPSA) is 64.6 Å². The van der Waals surface area contributed by atoms with Gasteiger partial charge in [-0.1, -0.05) is 36.5 Å². The van der Waals surface area contributed by atoms with E-state index in [2.05, 4.69) is 12.2 Å². The zero-order valence-electron chi connectivity index (χ0n) is 16.3. The highest BCUT2D eigenvalue weighted by Crippen LogP contribution is 2.40. The minimum absolute atomic E-state index is 0.232. The van der Waals surface area contributed by atoms with Gasteiger partial charge in [0, 0.05) is 9.90 Å². The van der Waals surface area contributed by atoms with E-state index in [1.54, 1.807) is 25.1 Å². The molecule has 1 unspecified atom stereocenters. The Morgan fingerprint density at radius 2 is 2.07 bits per heavy atom. The zero-order valence-corrected chi connectivity index (χ0v) is 18.7. The maximum atomic E-state index is 12.6. The summed E-state index contributed by atoms with van der Waals surface area (Å²) in [7, 11) is 0. The molecule has 1 N–H and O–H groups in total. The van der Waals surface area contributed by atoms with Gasteiger partial charge in [-0.2, -0.15) is 0 Å². The lowest BCUT2D eigenvalue weighted by atomic mass is 9.85. The number of fused-ring (bicyclic) bond motifs is 1. The maximum absolute atomic E-state index is 12.6. The van der Waals surface area contributed by atoms with Gasteiger partial charge in [0.25, 0.3) is 5.91 Å². The molecule has 156 valence electrons. The Labute approximate surface area is 184 Å². The molecule has 29 heavy (non-hydrogen) atoms. The summed E-state index contributed by atoms with van der Waals surface area (Å²) < 4.78 is 10.7. The molecule has 2 aromatic rings. The van der Waals surface area contributed by atoms with Gasteiger partial charge < -0.3 is 14.8 Å². The van der Waals surface area contributed by atoms with E-state index in [1.807, 2.05) is 0 Å². The summed E-state index contributed by atoms with van der Waals surface area (Å²) in [5.41, 5.74) is 1.49. The first-order valence-electron chi connectivity index (χ1n) is 9.62. The fourth-order valence-corrected chi connectivity index (χ4v) is 5.24. The van der Waals surface area contributed by atoms with Crippen LogP contribution in [0.15, 0.2) is 18.2 Å². The molecule has 1 aromatic carbocycles. The lowest BCUT2D eigenvalue weighted by molar-refractivity contribution is -0.118. The van der Waals surface area contributed by atoms with Gasteiger partial charge in [-0.05, 0) is 55.9 Å². The quantitative estimate of drug-likeness (QED) is 0.538. The van der Waals surface area contributed by atoms with Gasteiger partial charge in [0.15, 0.2) is 6.61 Å². The summed E-state index contributed by atoms with van der Waals surface area (Å²) in [6, 6.07) is 4.79. The number of benzene rings is 1. The Hall–Kier alpha value is -1.76. The van der Waals surface area contributed by atoms with Gasteiger partial charge >= 0.3 is 5.97 Å². The van der Waals surface area contributed by atoms with Crippen LogP contribution in [0.25, 0.3) is 0 Å². The van der Waals surface area contributed by atoms with E-state index in [-0.39, 0.29) is 19.1 Å². The van der Waals surface area contributed by atoms with Gasteiger partial charge in [-0.25, -0.2) is 4.79 Å². The molecule has 8 heteroatoms. The fraction of sp³-hybridized carbons (Fsp3) is 0.429. The summed E-state index contributed by atoms with van der Waals surface area (Å²) >= 11 is 13.4. The summed E-state index contributed by atoms with van der Waals surface area (Å²) in [6.45, 7) is 4.00. The maximum Gasteiger partial charge on any atom is 0.341 e. The number of thiophene rings is 1. The van der Waals surface area contributed by atoms with Gasteiger partial charge in [0.05, 0.1) is 17.2 Å². The Kier molecular flexibility index (Phi) is 7.44. The van der Waals surface area contributed by atoms with Crippen molar-refractivity contribution < 1.29 is 19.1 Å². The minimum Gasteiger partial charge on any atom is -0.482 e. The first kappa shape index (κ1) is 21.9. The molecule has 0 saturated carbocycles. The molecule has 1 heterocycles. The molecular formula is C21H23Cl2NO4S. The van der Waals surface area contributed by atoms with Gasteiger partial charge in [-0.3, -0.25) is 4.79 Å². The van der Waals surface area contributed by atoms with Crippen LogP contribution in [0.4, 0.5) is 5.00 Å². The molecule has 1 aromatic heterocycles. The number of rotatable bonds is 7. The van der Waals surface area contributed by atoms with Crippen LogP contribution in [0.2, 0.25) is 10.0 Å². The second-order valence-corrected chi connectivity index (χ2v) is 8.81. The third kappa shape index (κ3) is 5.24. The highest BCUT2D eigenvalue weighted by Gasteiger charge is 2.29. The first-order valence-corrected chi connectivity index (χ1v) is 11.2. The van der Waals surface area contributed by atoms with Gasteiger partial charge in [0.2, 0.25) is 0 Å². The van der Waals surface area contributed by atoms with E-state index in [0.717, 1.165) is 36.1 Å². The third-order valence-corrected chi connectivity index (χ3v) is 6.63. The van der Waals surface area contributed by atoms with Gasteiger partial charge in [-0.15, -0.1) is 11.3 Å². The minimum atomic E-state index is -0.392. The van der Waals surface area contributed by atoms with Crippen molar-refractivity contribution in [1.29, 1.82) is 0 Å². The number of nitrogens with one attached hydrogen (secondary N) is 1. The molecule has 0 fully saturated rings. The van der Waals surface area contributed by atoms with Crippen LogP contribution >= 0.6 is 34.5 Å². The summed E-state index contributed by atoms with van der Waals surface area (Å²) in [6.07, 6.45) is 3.89. The average Bonchev–Trinajstić information content (AvgIpc) is 3.04. The average molecular weight is 456 g/mol. The van der Waals surface area contributed by atoms with E-state index in [4.69, 9.17) is 32.7 Å². The number of carbonyl (C=O) groups is 2. The van der Waals surface area contributed by atoms with Crippen molar-refractivity contribution in [2.75, 3.05) is 18.5 Å². The molecule has 0 spiro atoms. The molecule has 0 radical (unpaired) electrons. The van der Waals surface area contributed by atoms with E-state index >= 15 is 0 Å². The van der Waals surface area contributed by atoms with Crippen LogP contribution in [0, 0.1) is 5.92 Å². The Morgan fingerprint density at radius 3 is 2.76 bits per heavy atom. The summed E-state index contributed by atoms with van der Waals surface area (Å²) in [5.74, 6) is 0.215. The molecular weight excluding hydrogens is 433 g/mol. The Bertz CT molecular complexity index is 912. The smallest absolute Gasteiger partial charge is 0.341 e. The molecule has 3 rings (SSSR count). The summed E-state index contributed by atoms with van der Waals surface area (Å²) in [5, 5.41) is 4.17. The third-order valence-electron chi connectivity index (χ3n) is 4.93. The van der Waals surface area contributed by atoms with E-state index in [1.165, 1.54) is 11.3 Å². The Balaban J connectivity index is 1.75. The van der Waals surface area contributed by atoms with Crippen molar-refractivity contribution in [3.63, 3.8) is 0 Å². The second kappa shape index (κ2) is 9.83. The molecule has 1 aliphatic carbocycles. The molecule has 1 amide bonds. The van der Waals surface area contributed by atoms with Crippen LogP contribution in [0.1, 0.15) is 47.5 Å². The van der Waals surface area contributed by atoms with Crippen molar-refractivity contribution in [2.24, 2.45) is 5.92 Å². The molecule has 1 atom stereocenters. The number of amides is 1. The number of hydrogen-bond acceptors (Lipinski definition) is 5. The van der Waals surface area contributed by atoms with Crippen molar-refractivity contribution in [1.82, 2.24) is 0 Å². The number of ether oxygens (including phenoxy) is 2. The summed E-state index contributed by atoms with van der Waals surface area (Å²) in [4.78, 5) is 26.2. The largest absolute Gasteiger partial charge is 0.482 e. The zero-order chi connectivity index (χ0) is 21.0. The van der Waals surface area contributed by atoms with Crippen LogP contribution < -0.4 is 10.1 Å². The van der Waals surface area contributed by atoms with E-state index in [9.17, 15) is 9.59 Å². The Morgan fingerprint density at radius 1 is 1.28 bits per heavy atom. The van der Waals surface area contributed by atoms with Crippen LogP contribution in [0.5, 0.6) is 5.75 Å². The monoisotopic (exact) mass is 455 g/mol. The highest BCUT2D eigenvalue weighted by atomic mass is 35.5. The number of carbonyl (C=O) groups excluding carboxylic acids is 2. The van der Waals surface area contributed by atoms with Crippen molar-refractivity contribution in [2.45, 2.75) is 39.5 Å². The molecule has 5 nitrogen and oxygen atoms in total. The fourth-order valence-electron chi connectivity index (χ4n) is 3.41. The normalized spacial score (nSPS) is 15.5. The van der Waals surface area contributed by atoms with Gasteiger partial charge in [0.1, 0.15) is 10.8 Å². The molecule has 0 bridgehead atoms. The van der Waals surface area contributed by atoms with Crippen molar-refractivity contribution in [3.8, 4) is 5.75 Å². The number of hydrogen-bond donors (Lipinski definition) is 1. The van der Waals surface area contributed by atoms with Crippen molar-refractivity contribution in [3.05, 3.63) is 44.2 Å². The number of esters is 1. The SMILES string of the molecule is CCOC(=O)c1c(NC(=O)COc2ccc(Cl)cc2Cl)sc2c1CCC(CC)C2. The predicted molar refractivity (Wildman–Crippen MR) is 117 cm³/mol. The van der Waals surface area contributed by atoms with Crippen LogP contribution in [-0.4, -0.2) is 25.1 Å². The molecule has 0 aliphatic heterocycles. The lowest BCUT2D eigenvalue weighted by Gasteiger charge is -2.20. The van der Waals surface area contributed by atoms with Crippen molar-refractivity contribution >= 4 is 51.4 Å². The standard InChI is InChI=1S/C21H23Cl2NO4S/c1-3-12-5-7-14-17(9-12)29-20(19(14)21(26)27-4-2)24-18(25)11-28-16-8-6-13(22)10-15(16)23/h6,8,10,12H,3-5,7,9,11H2,1-2H3,(H,24,25). The van der Waals surface area contributed by atoms with Crippen LogP contribution in [-0.2, 0) is 22.4 Å². The first-order chi connectivity index (χ1) is 13.9. The predicted octanol–water partition coefficient (Wildman–Crippen LogP) is 5.76. The van der Waals surface area contributed by atoms with E-state index < -0.39 is 5.97 Å². The second-order valence-electron chi connectivity index (χ2n) is 6.86. The lowest BCUT2D eigenvalue weighted by Crippen LogP contribution is -2.21. The molecule has 1 aliphatic rings. The highest BCUT2D eigenvalue weighted by molar-refractivity contribution is 7.17. The molecule has 0 saturated heterocycles. The number of anilines is 1.